The third kappa shape index (κ3) is 2.95. The number of aryl methyl sites for hydroxylation is 1. The van der Waals surface area contributed by atoms with Gasteiger partial charge in [-0.2, -0.15) is 0 Å². The van der Waals surface area contributed by atoms with Crippen molar-refractivity contribution in [2.45, 2.75) is 32.7 Å². The Balaban J connectivity index is 2.63. The second-order valence-corrected chi connectivity index (χ2v) is 4.33. The SMILES string of the molecule is CCC(C)(CNc1ccc(C)cc1)[N+](=O)[O-]. The lowest BCUT2D eigenvalue weighted by molar-refractivity contribution is -0.561. The minimum atomic E-state index is -0.898. The van der Waals surface area contributed by atoms with Crippen LogP contribution in [0.1, 0.15) is 25.8 Å². The van der Waals surface area contributed by atoms with Crippen LogP contribution in [-0.4, -0.2) is 17.0 Å². The van der Waals surface area contributed by atoms with Crippen LogP contribution in [-0.2, 0) is 0 Å². The van der Waals surface area contributed by atoms with Crippen molar-refractivity contribution in [3.05, 3.63) is 39.9 Å². The van der Waals surface area contributed by atoms with Crippen LogP contribution in [0.5, 0.6) is 0 Å². The van der Waals surface area contributed by atoms with Gasteiger partial charge in [-0.15, -0.1) is 0 Å². The fourth-order valence-electron chi connectivity index (χ4n) is 1.28. The Hall–Kier alpha value is -1.58. The van der Waals surface area contributed by atoms with Crippen molar-refractivity contribution < 1.29 is 4.92 Å². The highest BCUT2D eigenvalue weighted by atomic mass is 16.6. The highest BCUT2D eigenvalue weighted by Gasteiger charge is 2.34. The molecule has 0 radical (unpaired) electrons. The Labute approximate surface area is 95.8 Å². The fourth-order valence-corrected chi connectivity index (χ4v) is 1.28. The first kappa shape index (κ1) is 12.5. The first-order valence-electron chi connectivity index (χ1n) is 5.43. The zero-order valence-electron chi connectivity index (χ0n) is 9.99. The molecule has 1 atom stereocenters. The topological polar surface area (TPSA) is 55.2 Å². The molecule has 0 bridgehead atoms. The lowest BCUT2D eigenvalue weighted by Gasteiger charge is -2.20. The lowest BCUT2D eigenvalue weighted by Crippen LogP contribution is -2.41. The van der Waals surface area contributed by atoms with Crippen molar-refractivity contribution in [3.63, 3.8) is 0 Å². The maximum Gasteiger partial charge on any atom is 0.236 e. The molecule has 16 heavy (non-hydrogen) atoms. The van der Waals surface area contributed by atoms with E-state index in [1.165, 1.54) is 5.56 Å². The van der Waals surface area contributed by atoms with Crippen LogP contribution in [0.3, 0.4) is 0 Å². The Morgan fingerprint density at radius 1 is 1.38 bits per heavy atom. The summed E-state index contributed by atoms with van der Waals surface area (Å²) < 4.78 is 0. The van der Waals surface area contributed by atoms with Crippen LogP contribution in [0, 0.1) is 17.0 Å². The van der Waals surface area contributed by atoms with Crippen LogP contribution in [0.15, 0.2) is 24.3 Å². The summed E-state index contributed by atoms with van der Waals surface area (Å²) in [5.41, 5.74) is 1.20. The number of benzene rings is 1. The normalized spacial score (nSPS) is 14.2. The molecule has 0 fully saturated rings. The standard InChI is InChI=1S/C12H18N2O2/c1-4-12(3,14(15)16)9-13-11-7-5-10(2)6-8-11/h5-8,13H,4,9H2,1-3H3. The van der Waals surface area contributed by atoms with Crippen LogP contribution in [0.2, 0.25) is 0 Å². The summed E-state index contributed by atoms with van der Waals surface area (Å²) in [6.45, 7) is 5.85. The Morgan fingerprint density at radius 3 is 2.38 bits per heavy atom. The maximum atomic E-state index is 10.9. The zero-order chi connectivity index (χ0) is 12.2. The summed E-state index contributed by atoms with van der Waals surface area (Å²) in [6.07, 6.45) is 0.513. The summed E-state index contributed by atoms with van der Waals surface area (Å²) in [5.74, 6) is 0. The molecule has 0 amide bonds. The second kappa shape index (κ2) is 4.96. The van der Waals surface area contributed by atoms with Gasteiger partial charge in [0.2, 0.25) is 5.54 Å². The van der Waals surface area contributed by atoms with Gasteiger partial charge in [-0.25, -0.2) is 0 Å². The smallest absolute Gasteiger partial charge is 0.236 e. The number of nitrogens with one attached hydrogen (secondary N) is 1. The summed E-state index contributed by atoms with van der Waals surface area (Å²) >= 11 is 0. The summed E-state index contributed by atoms with van der Waals surface area (Å²) in [4.78, 5) is 10.7. The van der Waals surface area contributed by atoms with E-state index in [2.05, 4.69) is 5.32 Å². The van der Waals surface area contributed by atoms with Crippen molar-refractivity contribution in [3.8, 4) is 0 Å². The Bertz CT molecular complexity index is 362. The molecule has 1 aromatic carbocycles. The van der Waals surface area contributed by atoms with Gasteiger partial charge in [0.05, 0.1) is 6.54 Å². The van der Waals surface area contributed by atoms with E-state index in [0.29, 0.717) is 13.0 Å². The molecular formula is C12H18N2O2. The molecule has 0 aliphatic heterocycles. The quantitative estimate of drug-likeness (QED) is 0.615. The van der Waals surface area contributed by atoms with Gasteiger partial charge in [0, 0.05) is 24.0 Å². The molecule has 1 N–H and O–H groups in total. The van der Waals surface area contributed by atoms with Crippen molar-refractivity contribution in [1.82, 2.24) is 0 Å². The zero-order valence-corrected chi connectivity index (χ0v) is 9.99. The van der Waals surface area contributed by atoms with E-state index in [-0.39, 0.29) is 4.92 Å². The summed E-state index contributed by atoms with van der Waals surface area (Å²) in [7, 11) is 0. The lowest BCUT2D eigenvalue weighted by atomic mass is 10.00. The van der Waals surface area contributed by atoms with Crippen molar-refractivity contribution in [2.24, 2.45) is 0 Å². The van der Waals surface area contributed by atoms with E-state index in [9.17, 15) is 10.1 Å². The van der Waals surface area contributed by atoms with Crippen molar-refractivity contribution >= 4 is 5.69 Å². The minimum Gasteiger partial charge on any atom is -0.378 e. The highest BCUT2D eigenvalue weighted by Crippen LogP contribution is 2.16. The molecule has 0 saturated heterocycles. The van der Waals surface area contributed by atoms with Crippen LogP contribution in [0.25, 0.3) is 0 Å². The Kier molecular flexibility index (Phi) is 3.88. The number of anilines is 1. The molecule has 0 spiro atoms. The summed E-state index contributed by atoms with van der Waals surface area (Å²) in [5, 5.41) is 14.0. The first-order valence-corrected chi connectivity index (χ1v) is 5.43. The molecule has 0 saturated carbocycles. The molecule has 1 unspecified atom stereocenters. The average Bonchev–Trinajstić information content (AvgIpc) is 2.27. The van der Waals surface area contributed by atoms with Gasteiger partial charge in [0.25, 0.3) is 0 Å². The number of nitrogens with zero attached hydrogens (tertiary/aromatic N) is 1. The Morgan fingerprint density at radius 2 is 1.94 bits per heavy atom. The molecule has 0 heterocycles. The van der Waals surface area contributed by atoms with E-state index in [0.717, 1.165) is 5.69 Å². The number of nitro groups is 1. The molecule has 4 heteroatoms. The van der Waals surface area contributed by atoms with E-state index in [1.807, 2.05) is 38.1 Å². The van der Waals surface area contributed by atoms with E-state index in [1.54, 1.807) is 6.92 Å². The predicted octanol–water partition coefficient (Wildman–Crippen LogP) is 2.85. The van der Waals surface area contributed by atoms with Crippen molar-refractivity contribution in [2.75, 3.05) is 11.9 Å². The van der Waals surface area contributed by atoms with Gasteiger partial charge in [-0.05, 0) is 19.1 Å². The third-order valence-corrected chi connectivity index (χ3v) is 2.93. The molecule has 1 aromatic rings. The van der Waals surface area contributed by atoms with Crippen LogP contribution in [0.4, 0.5) is 5.69 Å². The third-order valence-electron chi connectivity index (χ3n) is 2.93. The van der Waals surface area contributed by atoms with E-state index < -0.39 is 5.54 Å². The number of rotatable bonds is 5. The maximum absolute atomic E-state index is 10.9. The van der Waals surface area contributed by atoms with Gasteiger partial charge in [0.1, 0.15) is 0 Å². The number of hydrogen-bond donors (Lipinski definition) is 1. The summed E-state index contributed by atoms with van der Waals surface area (Å²) in [6, 6.07) is 7.84. The highest BCUT2D eigenvalue weighted by molar-refractivity contribution is 5.44. The molecule has 0 aliphatic rings. The van der Waals surface area contributed by atoms with Crippen LogP contribution < -0.4 is 5.32 Å². The monoisotopic (exact) mass is 222 g/mol. The first-order chi connectivity index (χ1) is 7.48. The molecule has 1 rings (SSSR count). The van der Waals surface area contributed by atoms with Crippen LogP contribution >= 0.6 is 0 Å². The molecule has 0 aliphatic carbocycles. The minimum absolute atomic E-state index is 0.214. The average molecular weight is 222 g/mol. The largest absolute Gasteiger partial charge is 0.378 e. The molecule has 0 aromatic heterocycles. The fraction of sp³-hybridized carbons (Fsp3) is 0.500. The van der Waals surface area contributed by atoms with Gasteiger partial charge < -0.3 is 5.32 Å². The molecule has 4 nitrogen and oxygen atoms in total. The van der Waals surface area contributed by atoms with Gasteiger partial charge in [-0.1, -0.05) is 24.6 Å². The van der Waals surface area contributed by atoms with E-state index >= 15 is 0 Å². The van der Waals surface area contributed by atoms with Gasteiger partial charge in [0.15, 0.2) is 0 Å². The molecular weight excluding hydrogens is 204 g/mol. The number of hydrogen-bond acceptors (Lipinski definition) is 3. The van der Waals surface area contributed by atoms with Crippen molar-refractivity contribution in [1.29, 1.82) is 0 Å². The molecule has 88 valence electrons. The predicted molar refractivity (Wildman–Crippen MR) is 65.4 cm³/mol. The van der Waals surface area contributed by atoms with Gasteiger partial charge in [-0.3, -0.25) is 10.1 Å². The van der Waals surface area contributed by atoms with Gasteiger partial charge >= 0.3 is 0 Å². The second-order valence-electron chi connectivity index (χ2n) is 4.33. The van der Waals surface area contributed by atoms with E-state index in [4.69, 9.17) is 0 Å².